The number of hydrogen-bond acceptors (Lipinski definition) is 8. The molecule has 0 saturated heterocycles. The molecule has 0 aliphatic heterocycles. The number of nitrogen functional groups attached to an aromatic ring is 1. The molecule has 2 aromatic heterocycles. The van der Waals surface area contributed by atoms with E-state index in [1.165, 1.54) is 36.1 Å². The number of aromatic nitrogens is 3. The van der Waals surface area contributed by atoms with Crippen LogP contribution < -0.4 is 11.3 Å². The highest BCUT2D eigenvalue weighted by Crippen LogP contribution is 2.25. The van der Waals surface area contributed by atoms with Crippen molar-refractivity contribution in [2.24, 2.45) is 0 Å². The average Bonchev–Trinajstić information content (AvgIpc) is 2.90. The van der Waals surface area contributed by atoms with Crippen molar-refractivity contribution in [3.8, 4) is 0 Å². The lowest BCUT2D eigenvalue weighted by molar-refractivity contribution is -0.113. The molecule has 0 radical (unpaired) electrons. The molecule has 2 aromatic rings. The highest BCUT2D eigenvalue weighted by molar-refractivity contribution is 7.99. The summed E-state index contributed by atoms with van der Waals surface area (Å²) in [5.74, 6) is 0.174. The third kappa shape index (κ3) is 2.80. The number of allylic oxidation sites excluding steroid dienone is 4. The van der Waals surface area contributed by atoms with E-state index in [9.17, 15) is 14.7 Å². The standard InChI is InChI=1S/C14H12N4O3S2/c1-2-22-14-17-23-13-16-12(21)8(11(15)18(13)14)5-7-3-4-9(19)10(20)6-7/h3-6,20H,2,15H2,1H3/b7-5+. The molecule has 0 saturated carbocycles. The minimum Gasteiger partial charge on any atom is -0.504 e. The largest absolute Gasteiger partial charge is 0.504 e. The fraction of sp³-hybridized carbons (Fsp3) is 0.143. The molecule has 3 N–H and O–H groups in total. The molecule has 0 fully saturated rings. The molecule has 0 bridgehead atoms. The van der Waals surface area contributed by atoms with Crippen molar-refractivity contribution in [1.29, 1.82) is 0 Å². The Morgan fingerprint density at radius 3 is 2.91 bits per heavy atom. The maximum absolute atomic E-state index is 12.2. The zero-order chi connectivity index (χ0) is 16.6. The van der Waals surface area contributed by atoms with Crippen LogP contribution in [0.1, 0.15) is 12.5 Å². The van der Waals surface area contributed by atoms with Crippen LogP contribution in [0.2, 0.25) is 0 Å². The summed E-state index contributed by atoms with van der Waals surface area (Å²) in [4.78, 5) is 27.8. The second-order valence-corrected chi connectivity index (χ2v) is 6.56. The van der Waals surface area contributed by atoms with Gasteiger partial charge in [0.25, 0.3) is 5.56 Å². The first-order valence-corrected chi connectivity index (χ1v) is 8.42. The summed E-state index contributed by atoms with van der Waals surface area (Å²) in [6.07, 6.45) is 5.51. The lowest BCUT2D eigenvalue weighted by Crippen LogP contribution is -2.16. The van der Waals surface area contributed by atoms with Gasteiger partial charge in [-0.3, -0.25) is 9.59 Å². The molecule has 1 aliphatic rings. The normalized spacial score (nSPS) is 16.3. The molecule has 0 atom stereocenters. The third-order valence-corrected chi connectivity index (χ3v) is 4.74. The second kappa shape index (κ2) is 6.01. The predicted octanol–water partition coefficient (Wildman–Crippen LogP) is 1.81. The van der Waals surface area contributed by atoms with Crippen molar-refractivity contribution < 1.29 is 9.90 Å². The van der Waals surface area contributed by atoms with Crippen LogP contribution in [0.15, 0.2) is 39.5 Å². The van der Waals surface area contributed by atoms with Gasteiger partial charge in [-0.2, -0.15) is 9.36 Å². The van der Waals surface area contributed by atoms with Gasteiger partial charge in [-0.05, 0) is 29.6 Å². The van der Waals surface area contributed by atoms with E-state index in [4.69, 9.17) is 5.73 Å². The Hall–Kier alpha value is -2.39. The molecule has 0 amide bonds. The molecule has 0 unspecified atom stereocenters. The van der Waals surface area contributed by atoms with Crippen LogP contribution in [0, 0.1) is 0 Å². The first kappa shape index (κ1) is 15.5. The molecule has 23 heavy (non-hydrogen) atoms. The smallest absolute Gasteiger partial charge is 0.283 e. The van der Waals surface area contributed by atoms with Crippen LogP contribution >= 0.6 is 23.3 Å². The highest BCUT2D eigenvalue weighted by Gasteiger charge is 2.16. The van der Waals surface area contributed by atoms with Gasteiger partial charge >= 0.3 is 0 Å². The quantitative estimate of drug-likeness (QED) is 0.814. The van der Waals surface area contributed by atoms with Crippen LogP contribution in [0.3, 0.4) is 0 Å². The summed E-state index contributed by atoms with van der Waals surface area (Å²) in [7, 11) is 0. The minimum absolute atomic E-state index is 0.193. The molecule has 0 aromatic carbocycles. The van der Waals surface area contributed by atoms with Crippen molar-refractivity contribution >= 4 is 45.9 Å². The van der Waals surface area contributed by atoms with E-state index in [-0.39, 0.29) is 17.1 Å². The molecular weight excluding hydrogens is 336 g/mol. The van der Waals surface area contributed by atoms with Gasteiger partial charge in [0.05, 0.1) is 5.56 Å². The van der Waals surface area contributed by atoms with Crippen molar-refractivity contribution in [2.75, 3.05) is 11.5 Å². The summed E-state index contributed by atoms with van der Waals surface area (Å²) in [6, 6.07) is 0. The summed E-state index contributed by atoms with van der Waals surface area (Å²) >= 11 is 2.60. The summed E-state index contributed by atoms with van der Waals surface area (Å²) in [5.41, 5.74) is 6.33. The fourth-order valence-corrected chi connectivity index (χ4v) is 3.63. The Labute approximate surface area is 139 Å². The summed E-state index contributed by atoms with van der Waals surface area (Å²) in [5, 5.41) is 10.2. The zero-order valence-electron chi connectivity index (χ0n) is 12.0. The molecular formula is C14H12N4O3S2. The van der Waals surface area contributed by atoms with Gasteiger partial charge in [0, 0.05) is 11.5 Å². The van der Waals surface area contributed by atoms with Crippen LogP contribution in [-0.4, -0.2) is 30.4 Å². The van der Waals surface area contributed by atoms with Gasteiger partial charge in [-0.25, -0.2) is 4.40 Å². The second-order valence-electron chi connectivity index (χ2n) is 4.60. The maximum Gasteiger partial charge on any atom is 0.283 e. The number of aliphatic hydroxyl groups is 1. The van der Waals surface area contributed by atoms with Crippen molar-refractivity contribution in [3.05, 3.63) is 45.5 Å². The average molecular weight is 348 g/mol. The van der Waals surface area contributed by atoms with Crippen LogP contribution in [0.4, 0.5) is 5.82 Å². The molecule has 2 heterocycles. The van der Waals surface area contributed by atoms with Crippen LogP contribution in [-0.2, 0) is 4.79 Å². The van der Waals surface area contributed by atoms with E-state index in [1.807, 2.05) is 6.92 Å². The summed E-state index contributed by atoms with van der Waals surface area (Å²) in [6.45, 7) is 1.99. The highest BCUT2D eigenvalue weighted by atomic mass is 32.2. The van der Waals surface area contributed by atoms with E-state index in [0.29, 0.717) is 15.7 Å². The van der Waals surface area contributed by atoms with E-state index in [1.54, 1.807) is 4.40 Å². The van der Waals surface area contributed by atoms with Gasteiger partial charge < -0.3 is 10.8 Å². The molecule has 3 rings (SSSR count). The first-order valence-electron chi connectivity index (χ1n) is 6.66. The van der Waals surface area contributed by atoms with Crippen LogP contribution in [0.25, 0.3) is 11.0 Å². The number of anilines is 1. The molecule has 118 valence electrons. The molecule has 0 spiro atoms. The zero-order valence-corrected chi connectivity index (χ0v) is 13.6. The molecule has 9 heteroatoms. The number of nitrogens with two attached hydrogens (primary N) is 1. The number of thioether (sulfide) groups is 1. The van der Waals surface area contributed by atoms with Gasteiger partial charge in [-0.1, -0.05) is 24.8 Å². The number of carbonyl (C=O) groups excluding carboxylic acids is 1. The number of nitrogens with zero attached hydrogens (tertiary/aromatic N) is 3. The Morgan fingerprint density at radius 1 is 1.43 bits per heavy atom. The van der Waals surface area contributed by atoms with Crippen molar-refractivity contribution in [3.63, 3.8) is 0 Å². The molecule has 1 aliphatic carbocycles. The number of ketones is 1. The minimum atomic E-state index is -0.482. The number of aliphatic hydroxyl groups excluding tert-OH is 1. The monoisotopic (exact) mass is 348 g/mol. The predicted molar refractivity (Wildman–Crippen MR) is 90.8 cm³/mol. The Morgan fingerprint density at radius 2 is 2.22 bits per heavy atom. The molecule has 7 nitrogen and oxygen atoms in total. The Balaban J connectivity index is 2.18. The number of fused-ring (bicyclic) bond motifs is 1. The number of carbonyl (C=O) groups is 1. The van der Waals surface area contributed by atoms with Crippen molar-refractivity contribution in [2.45, 2.75) is 12.1 Å². The van der Waals surface area contributed by atoms with E-state index in [2.05, 4.69) is 9.36 Å². The van der Waals surface area contributed by atoms with E-state index in [0.717, 1.165) is 17.3 Å². The maximum atomic E-state index is 12.2. The SMILES string of the molecule is CCSc1nsc2nc(=O)c(/C=C3\C=CC(=O)C(O)=C3)c(N)n12. The Bertz CT molecular complexity index is 953. The fourth-order valence-electron chi connectivity index (χ4n) is 2.04. The van der Waals surface area contributed by atoms with Crippen molar-refractivity contribution in [1.82, 2.24) is 13.8 Å². The van der Waals surface area contributed by atoms with Gasteiger partial charge in [-0.15, -0.1) is 0 Å². The third-order valence-electron chi connectivity index (χ3n) is 3.10. The number of hydrogen-bond donors (Lipinski definition) is 2. The number of rotatable bonds is 3. The van der Waals surface area contributed by atoms with E-state index >= 15 is 0 Å². The van der Waals surface area contributed by atoms with E-state index < -0.39 is 11.3 Å². The lowest BCUT2D eigenvalue weighted by Gasteiger charge is -2.07. The summed E-state index contributed by atoms with van der Waals surface area (Å²) < 4.78 is 5.88. The first-order chi connectivity index (χ1) is 11.0. The van der Waals surface area contributed by atoms with Crippen LogP contribution in [0.5, 0.6) is 0 Å². The lowest BCUT2D eigenvalue weighted by atomic mass is 10.1. The Kier molecular flexibility index (Phi) is 4.05. The van der Waals surface area contributed by atoms with Gasteiger partial charge in [0.1, 0.15) is 5.82 Å². The van der Waals surface area contributed by atoms with Gasteiger partial charge in [0.15, 0.2) is 10.9 Å². The topological polar surface area (TPSA) is 111 Å². The van der Waals surface area contributed by atoms with Gasteiger partial charge in [0.2, 0.25) is 10.7 Å².